The first-order valence-corrected chi connectivity index (χ1v) is 4.67. The van der Waals surface area contributed by atoms with Gasteiger partial charge in [-0.1, -0.05) is 6.07 Å². The monoisotopic (exact) mass is 203 g/mol. The van der Waals surface area contributed by atoms with Crippen LogP contribution in [-0.4, -0.2) is 16.9 Å². The number of hydrogen-bond donors (Lipinski definition) is 1. The van der Waals surface area contributed by atoms with Gasteiger partial charge in [0.05, 0.1) is 18.5 Å². The van der Waals surface area contributed by atoms with Gasteiger partial charge < -0.3 is 10.5 Å². The summed E-state index contributed by atoms with van der Waals surface area (Å²) in [4.78, 5) is 0. The normalized spacial score (nSPS) is 10.3. The van der Waals surface area contributed by atoms with Crippen LogP contribution in [0.15, 0.2) is 30.5 Å². The summed E-state index contributed by atoms with van der Waals surface area (Å²) in [5.74, 6) is 0.720. The minimum absolute atomic E-state index is 0.650. The topological polar surface area (TPSA) is 53.1 Å². The van der Waals surface area contributed by atoms with Crippen molar-refractivity contribution in [3.8, 4) is 11.4 Å². The van der Waals surface area contributed by atoms with Crippen LogP contribution < -0.4 is 10.5 Å². The Morgan fingerprint density at radius 3 is 2.73 bits per heavy atom. The fourth-order valence-corrected chi connectivity index (χ4v) is 1.49. The van der Waals surface area contributed by atoms with Crippen molar-refractivity contribution in [2.24, 2.45) is 0 Å². The molecule has 1 aromatic carbocycles. The largest absolute Gasteiger partial charge is 0.494 e. The summed E-state index contributed by atoms with van der Waals surface area (Å²) in [5.41, 5.74) is 8.28. The maximum absolute atomic E-state index is 5.90. The molecule has 2 aromatic rings. The number of hydrogen-bond acceptors (Lipinski definition) is 3. The van der Waals surface area contributed by atoms with Gasteiger partial charge in [0.25, 0.3) is 0 Å². The predicted octanol–water partition coefficient (Wildman–Crippen LogP) is 1.77. The van der Waals surface area contributed by atoms with Gasteiger partial charge in [-0.25, -0.2) is 4.68 Å². The van der Waals surface area contributed by atoms with E-state index in [1.54, 1.807) is 11.8 Å². The van der Waals surface area contributed by atoms with E-state index in [1.165, 1.54) is 0 Å². The SMILES string of the molecule is COc1cccc(N)c1-n1ccc(C)n1. The molecular weight excluding hydrogens is 190 g/mol. The Morgan fingerprint density at radius 1 is 1.33 bits per heavy atom. The van der Waals surface area contributed by atoms with Crippen molar-refractivity contribution >= 4 is 5.69 Å². The van der Waals surface area contributed by atoms with Crippen LogP contribution in [-0.2, 0) is 0 Å². The average Bonchev–Trinajstić information content (AvgIpc) is 2.64. The molecule has 2 rings (SSSR count). The number of benzene rings is 1. The molecule has 78 valence electrons. The zero-order valence-electron chi connectivity index (χ0n) is 8.77. The molecule has 0 bridgehead atoms. The van der Waals surface area contributed by atoms with Gasteiger partial charge in [-0.15, -0.1) is 0 Å². The molecule has 0 aliphatic carbocycles. The van der Waals surface area contributed by atoms with E-state index in [4.69, 9.17) is 10.5 Å². The van der Waals surface area contributed by atoms with Gasteiger partial charge in [-0.05, 0) is 25.1 Å². The third kappa shape index (κ3) is 1.66. The highest BCUT2D eigenvalue weighted by Crippen LogP contribution is 2.27. The first kappa shape index (κ1) is 9.58. The standard InChI is InChI=1S/C11H13N3O/c1-8-6-7-14(13-8)11-9(12)4-3-5-10(11)15-2/h3-7H,12H2,1-2H3. The summed E-state index contributed by atoms with van der Waals surface area (Å²) >= 11 is 0. The van der Waals surface area contributed by atoms with Gasteiger partial charge in [0.15, 0.2) is 0 Å². The van der Waals surface area contributed by atoms with E-state index >= 15 is 0 Å². The molecule has 0 aliphatic heterocycles. The van der Waals surface area contributed by atoms with Crippen molar-refractivity contribution in [2.75, 3.05) is 12.8 Å². The molecule has 4 heteroatoms. The second-order valence-corrected chi connectivity index (χ2v) is 3.30. The summed E-state index contributed by atoms with van der Waals surface area (Å²) in [6, 6.07) is 7.47. The third-order valence-electron chi connectivity index (χ3n) is 2.20. The molecule has 0 amide bonds. The molecule has 0 unspecified atom stereocenters. The van der Waals surface area contributed by atoms with Crippen LogP contribution in [0.5, 0.6) is 5.75 Å². The van der Waals surface area contributed by atoms with E-state index in [2.05, 4.69) is 5.10 Å². The second-order valence-electron chi connectivity index (χ2n) is 3.30. The molecule has 1 heterocycles. The number of methoxy groups -OCH3 is 1. The Labute approximate surface area is 88.3 Å². The van der Waals surface area contributed by atoms with Crippen LogP contribution in [0.3, 0.4) is 0 Å². The van der Waals surface area contributed by atoms with Gasteiger partial charge in [-0.3, -0.25) is 0 Å². The minimum atomic E-state index is 0.650. The average molecular weight is 203 g/mol. The molecule has 0 spiro atoms. The number of ether oxygens (including phenoxy) is 1. The summed E-state index contributed by atoms with van der Waals surface area (Å²) in [6.45, 7) is 1.93. The van der Waals surface area contributed by atoms with Gasteiger partial charge in [0, 0.05) is 6.20 Å². The zero-order chi connectivity index (χ0) is 10.8. The fraction of sp³-hybridized carbons (Fsp3) is 0.182. The maximum Gasteiger partial charge on any atom is 0.146 e. The highest BCUT2D eigenvalue weighted by molar-refractivity contribution is 5.64. The third-order valence-corrected chi connectivity index (χ3v) is 2.20. The fourth-order valence-electron chi connectivity index (χ4n) is 1.49. The number of nitrogens with two attached hydrogens (primary N) is 1. The minimum Gasteiger partial charge on any atom is -0.494 e. The molecule has 1 aromatic heterocycles. The number of rotatable bonds is 2. The highest BCUT2D eigenvalue weighted by atomic mass is 16.5. The first-order valence-electron chi connectivity index (χ1n) is 4.67. The van der Waals surface area contributed by atoms with Crippen LogP contribution >= 0.6 is 0 Å². The molecule has 15 heavy (non-hydrogen) atoms. The quantitative estimate of drug-likeness (QED) is 0.757. The number of aromatic nitrogens is 2. The number of nitrogen functional groups attached to an aromatic ring is 1. The Morgan fingerprint density at radius 2 is 2.13 bits per heavy atom. The van der Waals surface area contributed by atoms with Gasteiger partial charge in [0.2, 0.25) is 0 Å². The van der Waals surface area contributed by atoms with Crippen molar-refractivity contribution in [3.05, 3.63) is 36.2 Å². The van der Waals surface area contributed by atoms with E-state index in [9.17, 15) is 0 Å². The van der Waals surface area contributed by atoms with Crippen LogP contribution in [0.2, 0.25) is 0 Å². The summed E-state index contributed by atoms with van der Waals surface area (Å²) < 4.78 is 6.97. The zero-order valence-corrected chi connectivity index (χ0v) is 8.77. The van der Waals surface area contributed by atoms with Crippen LogP contribution in [0, 0.1) is 6.92 Å². The molecule has 0 atom stereocenters. The van der Waals surface area contributed by atoms with Crippen molar-refractivity contribution in [1.82, 2.24) is 9.78 Å². The second kappa shape index (κ2) is 3.65. The molecule has 0 saturated heterocycles. The molecule has 0 saturated carbocycles. The lowest BCUT2D eigenvalue weighted by molar-refractivity contribution is 0.412. The number of anilines is 1. The van der Waals surface area contributed by atoms with E-state index in [0.29, 0.717) is 5.69 Å². The smallest absolute Gasteiger partial charge is 0.146 e. The molecular formula is C11H13N3O. The highest BCUT2D eigenvalue weighted by Gasteiger charge is 2.09. The van der Waals surface area contributed by atoms with E-state index in [1.807, 2.05) is 37.4 Å². The van der Waals surface area contributed by atoms with Crippen LogP contribution in [0.1, 0.15) is 5.69 Å². The van der Waals surface area contributed by atoms with E-state index < -0.39 is 0 Å². The van der Waals surface area contributed by atoms with Gasteiger partial charge in [0.1, 0.15) is 11.4 Å². The Bertz CT molecular complexity index is 476. The van der Waals surface area contributed by atoms with Gasteiger partial charge in [-0.2, -0.15) is 5.10 Å². The Balaban J connectivity index is 2.60. The van der Waals surface area contributed by atoms with Crippen molar-refractivity contribution < 1.29 is 4.74 Å². The first-order chi connectivity index (χ1) is 7.22. The van der Waals surface area contributed by atoms with Crippen molar-refractivity contribution in [2.45, 2.75) is 6.92 Å². The lowest BCUT2D eigenvalue weighted by atomic mass is 10.2. The predicted molar refractivity (Wildman–Crippen MR) is 59.3 cm³/mol. The molecule has 0 radical (unpaired) electrons. The van der Waals surface area contributed by atoms with Crippen LogP contribution in [0.25, 0.3) is 5.69 Å². The van der Waals surface area contributed by atoms with Crippen molar-refractivity contribution in [3.63, 3.8) is 0 Å². The maximum atomic E-state index is 5.90. The lowest BCUT2D eigenvalue weighted by Crippen LogP contribution is -2.03. The molecule has 2 N–H and O–H groups in total. The van der Waals surface area contributed by atoms with E-state index in [0.717, 1.165) is 17.1 Å². The number of nitrogens with zero attached hydrogens (tertiary/aromatic N) is 2. The van der Waals surface area contributed by atoms with Crippen molar-refractivity contribution in [1.29, 1.82) is 0 Å². The number of para-hydroxylation sites is 1. The van der Waals surface area contributed by atoms with Crippen LogP contribution in [0.4, 0.5) is 5.69 Å². The molecule has 0 fully saturated rings. The summed E-state index contributed by atoms with van der Waals surface area (Å²) in [6.07, 6.45) is 1.86. The van der Waals surface area contributed by atoms with Gasteiger partial charge >= 0.3 is 0 Å². The summed E-state index contributed by atoms with van der Waals surface area (Å²) in [5, 5.41) is 4.31. The Hall–Kier alpha value is -1.97. The Kier molecular flexibility index (Phi) is 2.33. The number of aryl methyl sites for hydroxylation is 1. The molecule has 0 aliphatic rings. The van der Waals surface area contributed by atoms with E-state index in [-0.39, 0.29) is 0 Å². The lowest BCUT2D eigenvalue weighted by Gasteiger charge is -2.10. The summed E-state index contributed by atoms with van der Waals surface area (Å²) in [7, 11) is 1.62. The molecule has 4 nitrogen and oxygen atoms in total.